The lowest BCUT2D eigenvalue weighted by Crippen LogP contribution is -2.28. The summed E-state index contributed by atoms with van der Waals surface area (Å²) in [6, 6.07) is 16.5. The molecule has 0 saturated carbocycles. The van der Waals surface area contributed by atoms with Gasteiger partial charge in [0.05, 0.1) is 30.8 Å². The summed E-state index contributed by atoms with van der Waals surface area (Å²) in [5.41, 5.74) is 2.96. The van der Waals surface area contributed by atoms with Crippen molar-refractivity contribution in [2.24, 2.45) is 0 Å². The monoisotopic (exact) mass is 468 g/mol. The van der Waals surface area contributed by atoms with Crippen molar-refractivity contribution in [2.45, 2.75) is 31.7 Å². The van der Waals surface area contributed by atoms with Gasteiger partial charge in [0.15, 0.2) is 0 Å². The van der Waals surface area contributed by atoms with E-state index in [0.29, 0.717) is 28.3 Å². The van der Waals surface area contributed by atoms with Crippen molar-refractivity contribution in [2.75, 3.05) is 18.9 Å². The Kier molecular flexibility index (Phi) is 7.28. The second-order valence-corrected chi connectivity index (χ2v) is 9.38. The molecule has 3 aromatic rings. The molecule has 0 aliphatic heterocycles. The number of sulfonamides is 1. The molecule has 0 fully saturated rings. The smallest absolute Gasteiger partial charge is 0.261 e. The van der Waals surface area contributed by atoms with Crippen LogP contribution in [0.3, 0.4) is 0 Å². The van der Waals surface area contributed by atoms with Gasteiger partial charge in [-0.3, -0.25) is 9.52 Å². The number of anilines is 1. The fourth-order valence-corrected chi connectivity index (χ4v) is 4.57. The Morgan fingerprint density at radius 1 is 0.939 bits per heavy atom. The number of carbonyl (C=O) groups is 1. The van der Waals surface area contributed by atoms with Crippen molar-refractivity contribution in [1.29, 1.82) is 0 Å². The fourth-order valence-electron chi connectivity index (χ4n) is 3.44. The number of aryl methyl sites for hydroxylation is 1. The van der Waals surface area contributed by atoms with Crippen LogP contribution in [0.5, 0.6) is 11.5 Å². The third kappa shape index (κ3) is 5.46. The summed E-state index contributed by atoms with van der Waals surface area (Å²) in [6.07, 6.45) is 0. The summed E-state index contributed by atoms with van der Waals surface area (Å²) in [5, 5.41) is 2.96. The number of hydrogen-bond acceptors (Lipinski definition) is 5. The van der Waals surface area contributed by atoms with Crippen LogP contribution in [0.1, 0.15) is 40.0 Å². The molecular weight excluding hydrogens is 440 g/mol. The van der Waals surface area contributed by atoms with Gasteiger partial charge in [0, 0.05) is 11.1 Å². The maximum absolute atomic E-state index is 13.1. The molecule has 0 saturated heterocycles. The van der Waals surface area contributed by atoms with E-state index < -0.39 is 10.0 Å². The summed E-state index contributed by atoms with van der Waals surface area (Å²) < 4.78 is 38.9. The Balaban J connectivity index is 1.84. The standard InChI is InChI=1S/C25H28N2O5S/c1-16-9-12-20(13-10-16)33(29,30)27-23-8-6-7-21(17(23)2)25(28)26-18(3)22-15-19(31-4)11-14-24(22)32-5/h6-15,18,27H,1-5H3,(H,26,28)/t18-/m0/s1. The van der Waals surface area contributed by atoms with Crippen molar-refractivity contribution in [3.63, 3.8) is 0 Å². The summed E-state index contributed by atoms with van der Waals surface area (Å²) in [5.74, 6) is 0.941. The van der Waals surface area contributed by atoms with E-state index in [0.717, 1.165) is 11.1 Å². The maximum Gasteiger partial charge on any atom is 0.261 e. The van der Waals surface area contributed by atoms with Gasteiger partial charge in [0.2, 0.25) is 0 Å². The fraction of sp³-hybridized carbons (Fsp3) is 0.240. The minimum atomic E-state index is -3.79. The van der Waals surface area contributed by atoms with Crippen molar-refractivity contribution in [1.82, 2.24) is 5.32 Å². The second kappa shape index (κ2) is 9.95. The third-order valence-electron chi connectivity index (χ3n) is 5.41. The molecule has 0 radical (unpaired) electrons. The zero-order chi connectivity index (χ0) is 24.2. The molecular formula is C25H28N2O5S. The van der Waals surface area contributed by atoms with Crippen molar-refractivity contribution < 1.29 is 22.7 Å². The van der Waals surface area contributed by atoms with Gasteiger partial charge >= 0.3 is 0 Å². The first-order valence-electron chi connectivity index (χ1n) is 10.4. The number of methoxy groups -OCH3 is 2. The number of nitrogens with one attached hydrogen (secondary N) is 2. The molecule has 0 aromatic heterocycles. The number of hydrogen-bond donors (Lipinski definition) is 2. The Morgan fingerprint density at radius 3 is 2.27 bits per heavy atom. The van der Waals surface area contributed by atoms with Crippen LogP contribution in [0, 0.1) is 13.8 Å². The van der Waals surface area contributed by atoms with E-state index in [9.17, 15) is 13.2 Å². The predicted molar refractivity (Wildman–Crippen MR) is 129 cm³/mol. The van der Waals surface area contributed by atoms with Gasteiger partial charge < -0.3 is 14.8 Å². The van der Waals surface area contributed by atoms with Gasteiger partial charge in [-0.2, -0.15) is 0 Å². The van der Waals surface area contributed by atoms with Gasteiger partial charge in [-0.15, -0.1) is 0 Å². The van der Waals surface area contributed by atoms with Gasteiger partial charge in [-0.25, -0.2) is 8.42 Å². The second-order valence-electron chi connectivity index (χ2n) is 7.70. The Morgan fingerprint density at radius 2 is 1.64 bits per heavy atom. The first-order chi connectivity index (χ1) is 15.7. The van der Waals surface area contributed by atoms with Gasteiger partial charge in [-0.1, -0.05) is 23.8 Å². The van der Waals surface area contributed by atoms with Crippen LogP contribution >= 0.6 is 0 Å². The molecule has 3 rings (SSSR count). The van der Waals surface area contributed by atoms with E-state index >= 15 is 0 Å². The summed E-state index contributed by atoms with van der Waals surface area (Å²) in [4.78, 5) is 13.2. The molecule has 2 N–H and O–H groups in total. The molecule has 8 heteroatoms. The van der Waals surface area contributed by atoms with Gasteiger partial charge in [0.25, 0.3) is 15.9 Å². The molecule has 0 unspecified atom stereocenters. The lowest BCUT2D eigenvalue weighted by molar-refractivity contribution is 0.0939. The average Bonchev–Trinajstić information content (AvgIpc) is 2.80. The van der Waals surface area contributed by atoms with Crippen LogP contribution < -0.4 is 19.5 Å². The van der Waals surface area contributed by atoms with E-state index in [1.54, 1.807) is 75.7 Å². The van der Waals surface area contributed by atoms with Gasteiger partial charge in [0.1, 0.15) is 11.5 Å². The Bertz CT molecular complexity index is 1250. The van der Waals surface area contributed by atoms with Crippen molar-refractivity contribution >= 4 is 21.6 Å². The molecule has 0 aliphatic rings. The topological polar surface area (TPSA) is 93.7 Å². The van der Waals surface area contributed by atoms with Crippen molar-refractivity contribution in [3.05, 3.63) is 82.9 Å². The minimum absolute atomic E-state index is 0.154. The van der Waals surface area contributed by atoms with Crippen LogP contribution in [-0.4, -0.2) is 28.5 Å². The van der Waals surface area contributed by atoms with Gasteiger partial charge in [-0.05, 0) is 68.8 Å². The van der Waals surface area contributed by atoms with E-state index in [-0.39, 0.29) is 16.8 Å². The maximum atomic E-state index is 13.1. The number of rotatable bonds is 8. The minimum Gasteiger partial charge on any atom is -0.497 e. The average molecular weight is 469 g/mol. The SMILES string of the molecule is COc1ccc(OC)c([C@H](C)NC(=O)c2cccc(NS(=O)(=O)c3ccc(C)cc3)c2C)c1. The van der Waals surface area contributed by atoms with E-state index in [1.807, 2.05) is 19.9 Å². The quantitative estimate of drug-likeness (QED) is 0.503. The molecule has 0 aliphatic carbocycles. The summed E-state index contributed by atoms with van der Waals surface area (Å²) in [6.45, 7) is 5.44. The lowest BCUT2D eigenvalue weighted by atomic mass is 10.0. The number of benzene rings is 3. The van der Waals surface area contributed by atoms with Crippen LogP contribution in [0.2, 0.25) is 0 Å². The molecule has 174 valence electrons. The van der Waals surface area contributed by atoms with E-state index in [4.69, 9.17) is 9.47 Å². The molecule has 0 heterocycles. The predicted octanol–water partition coefficient (Wildman–Crippen LogP) is 4.61. The van der Waals surface area contributed by atoms with Crippen LogP contribution in [-0.2, 0) is 10.0 Å². The van der Waals surface area contributed by atoms with Crippen LogP contribution in [0.4, 0.5) is 5.69 Å². The highest BCUT2D eigenvalue weighted by molar-refractivity contribution is 7.92. The number of amides is 1. The Hall–Kier alpha value is -3.52. The molecule has 1 atom stereocenters. The normalized spacial score (nSPS) is 12.0. The highest BCUT2D eigenvalue weighted by atomic mass is 32.2. The van der Waals surface area contributed by atoms with E-state index in [1.165, 1.54) is 0 Å². The van der Waals surface area contributed by atoms with Crippen LogP contribution in [0.25, 0.3) is 0 Å². The molecule has 0 bridgehead atoms. The molecule has 0 spiro atoms. The van der Waals surface area contributed by atoms with E-state index in [2.05, 4.69) is 10.0 Å². The molecule has 1 amide bonds. The lowest BCUT2D eigenvalue weighted by Gasteiger charge is -2.19. The van der Waals surface area contributed by atoms with Crippen molar-refractivity contribution in [3.8, 4) is 11.5 Å². The number of ether oxygens (including phenoxy) is 2. The zero-order valence-electron chi connectivity index (χ0n) is 19.3. The largest absolute Gasteiger partial charge is 0.497 e. The first-order valence-corrected chi connectivity index (χ1v) is 11.9. The summed E-state index contributed by atoms with van der Waals surface area (Å²) >= 11 is 0. The summed E-state index contributed by atoms with van der Waals surface area (Å²) in [7, 11) is -0.656. The third-order valence-corrected chi connectivity index (χ3v) is 6.79. The molecule has 33 heavy (non-hydrogen) atoms. The first kappa shape index (κ1) is 24.1. The number of carbonyl (C=O) groups excluding carboxylic acids is 1. The zero-order valence-corrected chi connectivity index (χ0v) is 20.1. The highest BCUT2D eigenvalue weighted by Crippen LogP contribution is 2.30. The molecule has 3 aromatic carbocycles. The molecule has 7 nitrogen and oxygen atoms in total. The van der Waals surface area contributed by atoms with Crippen LogP contribution in [0.15, 0.2) is 65.6 Å². The highest BCUT2D eigenvalue weighted by Gasteiger charge is 2.20. The Labute approximate surface area is 194 Å².